The van der Waals surface area contributed by atoms with Crippen LogP contribution in [0, 0.1) is 0 Å². The molecule has 3 aromatic heterocycles. The molecule has 1 aliphatic rings. The summed E-state index contributed by atoms with van der Waals surface area (Å²) in [7, 11) is 3.51. The second-order valence-corrected chi connectivity index (χ2v) is 12.6. The van der Waals surface area contributed by atoms with Crippen molar-refractivity contribution in [2.24, 2.45) is 7.05 Å². The minimum Gasteiger partial charge on any atom is -0.344 e. The van der Waals surface area contributed by atoms with Crippen LogP contribution in [0.1, 0.15) is 53.5 Å². The van der Waals surface area contributed by atoms with E-state index in [-0.39, 0.29) is 17.4 Å². The van der Waals surface area contributed by atoms with Crippen LogP contribution in [0.5, 0.6) is 0 Å². The van der Waals surface area contributed by atoms with Gasteiger partial charge in [0.15, 0.2) is 0 Å². The van der Waals surface area contributed by atoms with Crippen LogP contribution >= 0.6 is 41.7 Å². The van der Waals surface area contributed by atoms with Crippen molar-refractivity contribution in [2.75, 3.05) is 16.2 Å². The lowest BCUT2D eigenvalue weighted by atomic mass is 9.95. The van der Waals surface area contributed by atoms with Gasteiger partial charge in [-0.05, 0) is 24.1 Å². The molecule has 0 saturated carbocycles. The number of nitrogens with one attached hydrogen (secondary N) is 2. The van der Waals surface area contributed by atoms with Gasteiger partial charge < -0.3 is 14.9 Å². The Hall–Kier alpha value is -2.71. The molecule has 1 unspecified atom stereocenters. The Morgan fingerprint density at radius 1 is 1.22 bits per heavy atom. The fourth-order valence-electron chi connectivity index (χ4n) is 4.11. The first-order valence-corrected chi connectivity index (χ1v) is 15.9. The van der Waals surface area contributed by atoms with E-state index in [0.29, 0.717) is 10.8 Å². The zero-order valence-corrected chi connectivity index (χ0v) is 24.7. The molecule has 0 aliphatic carbocycles. The highest BCUT2D eigenvalue weighted by molar-refractivity contribution is 14.2. The zero-order valence-electron chi connectivity index (χ0n) is 20.9. The van der Waals surface area contributed by atoms with Crippen molar-refractivity contribution in [3.63, 3.8) is 0 Å². The number of thiazole rings is 1. The van der Waals surface area contributed by atoms with Crippen LogP contribution in [0.3, 0.4) is 0 Å². The number of aryl methyl sites for hydroxylation is 1. The van der Waals surface area contributed by atoms with Crippen LogP contribution in [0.25, 0.3) is 11.3 Å². The Labute approximate surface area is 236 Å². The summed E-state index contributed by atoms with van der Waals surface area (Å²) in [5, 5.41) is 11.6. The van der Waals surface area contributed by atoms with Gasteiger partial charge in [0, 0.05) is 67.3 Å². The van der Waals surface area contributed by atoms with Crippen molar-refractivity contribution < 1.29 is 4.79 Å². The Morgan fingerprint density at radius 3 is 2.76 bits per heavy atom. The van der Waals surface area contributed by atoms with Crippen LogP contribution in [-0.2, 0) is 12.5 Å². The summed E-state index contributed by atoms with van der Waals surface area (Å²) in [6.45, 7) is 7.14. The molecule has 1 atom stereocenters. The molecular weight excluding hydrogens is 619 g/mol. The average Bonchev–Trinajstić information content (AvgIpc) is 3.53. The van der Waals surface area contributed by atoms with Gasteiger partial charge in [-0.15, -0.1) is 11.3 Å². The minimum absolute atomic E-state index is 0.0782. The third-order valence-corrected chi connectivity index (χ3v) is 9.36. The highest BCUT2D eigenvalue weighted by Crippen LogP contribution is 2.41. The predicted octanol–water partition coefficient (Wildman–Crippen LogP) is 6.05. The SMILES string of the molecule is Cn1cc(Nc2nccc(-c3ccc4c(c3)N(SI)CCC4NC(=O)c3cnc(C(C)(C)C)s3)n2)cn1. The highest BCUT2D eigenvalue weighted by atomic mass is 127. The topological polar surface area (TPSA) is 101 Å². The van der Waals surface area contributed by atoms with Crippen molar-refractivity contribution in [3.05, 3.63) is 64.5 Å². The molecule has 0 saturated heterocycles. The number of nitrogens with zero attached hydrogens (tertiary/aromatic N) is 6. The van der Waals surface area contributed by atoms with Gasteiger partial charge in [0.05, 0.1) is 40.5 Å². The molecule has 0 spiro atoms. The summed E-state index contributed by atoms with van der Waals surface area (Å²) in [5.74, 6) is 0.429. The second kappa shape index (κ2) is 10.6. The maximum absolute atomic E-state index is 13.1. The van der Waals surface area contributed by atoms with Gasteiger partial charge in [-0.1, -0.05) is 32.9 Å². The van der Waals surface area contributed by atoms with Crippen LogP contribution in [0.15, 0.2) is 49.1 Å². The molecule has 9 nitrogen and oxygen atoms in total. The molecule has 37 heavy (non-hydrogen) atoms. The Bertz CT molecular complexity index is 1430. The number of fused-ring (bicyclic) bond motifs is 1. The lowest BCUT2D eigenvalue weighted by Gasteiger charge is -2.34. The number of hydrogen-bond acceptors (Lipinski definition) is 9. The maximum Gasteiger partial charge on any atom is 0.263 e. The zero-order chi connectivity index (χ0) is 26.2. The first kappa shape index (κ1) is 25.9. The standard InChI is InChI=1S/C25H27IN8OS2/c1-25(2,3)23-28-13-21(36-23)22(35)31-19-8-10-34(37-26)20-11-15(5-6-17(19)20)18-7-9-27-24(32-18)30-16-12-29-33(4)14-16/h5-7,9,11-14,19H,8,10H2,1-4H3,(H,31,35)(H,27,30,32). The molecule has 1 amide bonds. The van der Waals surface area contributed by atoms with E-state index in [0.717, 1.165) is 46.2 Å². The monoisotopic (exact) mass is 646 g/mol. The van der Waals surface area contributed by atoms with Crippen molar-refractivity contribution in [2.45, 2.75) is 38.6 Å². The molecule has 192 valence electrons. The summed E-state index contributed by atoms with van der Waals surface area (Å²) >= 11 is 3.77. The quantitative estimate of drug-likeness (QED) is 0.193. The molecule has 0 fully saturated rings. The fourth-order valence-corrected chi connectivity index (χ4v) is 6.62. The van der Waals surface area contributed by atoms with E-state index in [1.165, 1.54) is 11.3 Å². The van der Waals surface area contributed by atoms with Crippen molar-refractivity contribution in [3.8, 4) is 11.3 Å². The number of hydrogen-bond donors (Lipinski definition) is 2. The largest absolute Gasteiger partial charge is 0.344 e. The fraction of sp³-hybridized carbons (Fsp3) is 0.320. The molecule has 12 heteroatoms. The molecule has 0 bridgehead atoms. The van der Waals surface area contributed by atoms with Gasteiger partial charge >= 0.3 is 0 Å². The molecule has 5 rings (SSSR count). The number of rotatable bonds is 6. The smallest absolute Gasteiger partial charge is 0.263 e. The molecule has 4 heterocycles. The summed E-state index contributed by atoms with van der Waals surface area (Å²) in [5.41, 5.74) is 4.71. The van der Waals surface area contributed by atoms with Crippen LogP contribution < -0.4 is 14.9 Å². The van der Waals surface area contributed by atoms with E-state index in [1.54, 1.807) is 32.4 Å². The maximum atomic E-state index is 13.1. The highest BCUT2D eigenvalue weighted by Gasteiger charge is 2.28. The molecule has 0 radical (unpaired) electrons. The Kier molecular flexibility index (Phi) is 7.41. The van der Waals surface area contributed by atoms with Crippen LogP contribution in [-0.4, -0.2) is 37.2 Å². The van der Waals surface area contributed by atoms with E-state index in [2.05, 4.69) is 90.2 Å². The number of carbonyl (C=O) groups is 1. The van der Waals surface area contributed by atoms with Gasteiger partial charge in [-0.25, -0.2) is 15.0 Å². The van der Waals surface area contributed by atoms with Crippen molar-refractivity contribution in [1.82, 2.24) is 30.0 Å². The van der Waals surface area contributed by atoms with Gasteiger partial charge in [0.2, 0.25) is 5.95 Å². The van der Waals surface area contributed by atoms with E-state index in [1.807, 2.05) is 19.3 Å². The third-order valence-electron chi connectivity index (χ3n) is 5.97. The summed E-state index contributed by atoms with van der Waals surface area (Å²) < 4.78 is 3.97. The molecular formula is C25H27IN8OS2. The predicted molar refractivity (Wildman–Crippen MR) is 159 cm³/mol. The number of halogens is 1. The first-order chi connectivity index (χ1) is 17.7. The van der Waals surface area contributed by atoms with Gasteiger partial charge in [-0.2, -0.15) is 5.10 Å². The van der Waals surface area contributed by atoms with E-state index in [4.69, 9.17) is 4.98 Å². The van der Waals surface area contributed by atoms with Crippen LogP contribution in [0.4, 0.5) is 17.3 Å². The number of benzene rings is 1. The average molecular weight is 647 g/mol. The summed E-state index contributed by atoms with van der Waals surface area (Å²) in [6, 6.07) is 8.11. The van der Waals surface area contributed by atoms with Crippen LogP contribution in [0.2, 0.25) is 0 Å². The Morgan fingerprint density at radius 2 is 2.05 bits per heavy atom. The lowest BCUT2D eigenvalue weighted by Crippen LogP contribution is -2.35. The summed E-state index contributed by atoms with van der Waals surface area (Å²) in [4.78, 5) is 27.3. The lowest BCUT2D eigenvalue weighted by molar-refractivity contribution is 0.0938. The van der Waals surface area contributed by atoms with Crippen molar-refractivity contribution in [1.29, 1.82) is 0 Å². The van der Waals surface area contributed by atoms with Gasteiger partial charge in [-0.3, -0.25) is 9.48 Å². The van der Waals surface area contributed by atoms with E-state index >= 15 is 0 Å². The van der Waals surface area contributed by atoms with Crippen molar-refractivity contribution >= 4 is 64.9 Å². The minimum atomic E-state index is -0.0800. The van der Waals surface area contributed by atoms with Gasteiger partial charge in [0.25, 0.3) is 5.91 Å². The third kappa shape index (κ3) is 5.75. The molecule has 1 aromatic carbocycles. The molecule has 2 N–H and O–H groups in total. The molecule has 4 aromatic rings. The summed E-state index contributed by atoms with van der Waals surface area (Å²) in [6.07, 6.45) is 7.86. The molecule has 1 aliphatic heterocycles. The first-order valence-electron chi connectivity index (χ1n) is 11.8. The number of anilines is 3. The number of aromatic nitrogens is 5. The Balaban J connectivity index is 1.39. The van der Waals surface area contributed by atoms with E-state index in [9.17, 15) is 4.79 Å². The number of carbonyl (C=O) groups excluding carboxylic acids is 1. The number of amides is 1. The normalized spacial score (nSPS) is 15.4. The second-order valence-electron chi connectivity index (χ2n) is 9.83. The van der Waals surface area contributed by atoms with Gasteiger partial charge in [0.1, 0.15) is 4.88 Å². The van der Waals surface area contributed by atoms with E-state index < -0.39 is 0 Å².